The molecule has 0 fully saturated rings. The Hall–Kier alpha value is -3.14. The Morgan fingerprint density at radius 1 is 1.22 bits per heavy atom. The monoisotopic (exact) mass is 378 g/mol. The van der Waals surface area contributed by atoms with Crippen LogP contribution in [0.15, 0.2) is 36.4 Å². The number of benzene rings is 1. The molecule has 0 saturated heterocycles. The molecule has 0 spiro atoms. The standard InChI is InChI=1S/C17H17F3N6O/c18-17(19,20)11-8-12(10-4-2-1-3-5-10)24-16-14(11)15(22)25-26(16)9-13(27)23-7-6-21/h1-5,8H,6-7,9,21H2,(H2,22,25)(H,23,27). The molecule has 1 aromatic carbocycles. The summed E-state index contributed by atoms with van der Waals surface area (Å²) in [7, 11) is 0. The minimum absolute atomic E-state index is 0.107. The fourth-order valence-corrected chi connectivity index (χ4v) is 2.69. The molecule has 1 amide bonds. The van der Waals surface area contributed by atoms with Crippen LogP contribution >= 0.6 is 0 Å². The third-order valence-corrected chi connectivity index (χ3v) is 3.86. The number of carbonyl (C=O) groups excluding carboxylic acids is 1. The van der Waals surface area contributed by atoms with Gasteiger partial charge in [-0.1, -0.05) is 30.3 Å². The topological polar surface area (TPSA) is 112 Å². The van der Waals surface area contributed by atoms with E-state index in [2.05, 4.69) is 15.4 Å². The summed E-state index contributed by atoms with van der Waals surface area (Å²) in [6.45, 7) is 0.155. The van der Waals surface area contributed by atoms with Crippen molar-refractivity contribution in [1.82, 2.24) is 20.1 Å². The van der Waals surface area contributed by atoms with E-state index in [-0.39, 0.29) is 42.2 Å². The first-order chi connectivity index (χ1) is 12.8. The summed E-state index contributed by atoms with van der Waals surface area (Å²) in [5.41, 5.74) is 10.6. The molecular weight excluding hydrogens is 361 g/mol. The number of nitrogens with two attached hydrogens (primary N) is 2. The number of carbonyl (C=O) groups is 1. The lowest BCUT2D eigenvalue weighted by atomic mass is 10.1. The lowest BCUT2D eigenvalue weighted by Crippen LogP contribution is -2.32. The molecule has 142 valence electrons. The van der Waals surface area contributed by atoms with Gasteiger partial charge in [-0.3, -0.25) is 4.79 Å². The van der Waals surface area contributed by atoms with Crippen molar-refractivity contribution in [3.05, 3.63) is 42.0 Å². The van der Waals surface area contributed by atoms with Gasteiger partial charge in [0.15, 0.2) is 11.5 Å². The molecule has 0 aliphatic heterocycles. The quantitative estimate of drug-likeness (QED) is 0.627. The van der Waals surface area contributed by atoms with Crippen LogP contribution in [-0.4, -0.2) is 33.8 Å². The van der Waals surface area contributed by atoms with Crippen LogP contribution in [0.4, 0.5) is 19.0 Å². The molecule has 27 heavy (non-hydrogen) atoms. The highest BCUT2D eigenvalue weighted by atomic mass is 19.4. The van der Waals surface area contributed by atoms with Gasteiger partial charge in [-0.2, -0.15) is 18.3 Å². The van der Waals surface area contributed by atoms with Crippen molar-refractivity contribution in [2.45, 2.75) is 12.7 Å². The SMILES string of the molecule is NCCNC(=O)Cn1nc(N)c2c(C(F)(F)F)cc(-c3ccccc3)nc21. The maximum Gasteiger partial charge on any atom is 0.417 e. The van der Waals surface area contributed by atoms with E-state index in [1.54, 1.807) is 30.3 Å². The van der Waals surface area contributed by atoms with Crippen molar-refractivity contribution in [3.8, 4) is 11.3 Å². The van der Waals surface area contributed by atoms with Crippen LogP contribution < -0.4 is 16.8 Å². The second kappa shape index (κ2) is 7.23. The average Bonchev–Trinajstić information content (AvgIpc) is 2.94. The number of nitrogen functional groups attached to an aromatic ring is 1. The number of nitrogens with one attached hydrogen (secondary N) is 1. The third kappa shape index (κ3) is 3.85. The van der Waals surface area contributed by atoms with Crippen LogP contribution in [0.25, 0.3) is 22.3 Å². The van der Waals surface area contributed by atoms with Gasteiger partial charge in [-0.15, -0.1) is 0 Å². The molecule has 0 aliphatic rings. The minimum atomic E-state index is -4.66. The Morgan fingerprint density at radius 2 is 1.93 bits per heavy atom. The molecule has 0 aliphatic carbocycles. The second-order valence-corrected chi connectivity index (χ2v) is 5.80. The first kappa shape index (κ1) is 18.6. The number of rotatable bonds is 5. The number of hydrogen-bond donors (Lipinski definition) is 3. The molecule has 0 bridgehead atoms. The highest BCUT2D eigenvalue weighted by molar-refractivity contribution is 5.93. The lowest BCUT2D eigenvalue weighted by Gasteiger charge is -2.11. The van der Waals surface area contributed by atoms with Crippen molar-refractivity contribution in [3.63, 3.8) is 0 Å². The Labute approximate surface area is 152 Å². The summed E-state index contributed by atoms with van der Waals surface area (Å²) >= 11 is 0. The van der Waals surface area contributed by atoms with Crippen molar-refractivity contribution in [2.24, 2.45) is 5.73 Å². The average molecular weight is 378 g/mol. The van der Waals surface area contributed by atoms with E-state index in [0.717, 1.165) is 10.7 Å². The summed E-state index contributed by atoms with van der Waals surface area (Å²) in [4.78, 5) is 16.2. The van der Waals surface area contributed by atoms with Crippen LogP contribution in [0.5, 0.6) is 0 Å². The zero-order valence-corrected chi connectivity index (χ0v) is 14.1. The Bertz CT molecular complexity index is 968. The molecule has 3 aromatic rings. The van der Waals surface area contributed by atoms with E-state index >= 15 is 0 Å². The van der Waals surface area contributed by atoms with Crippen LogP contribution in [0, 0.1) is 0 Å². The first-order valence-corrected chi connectivity index (χ1v) is 8.07. The summed E-state index contributed by atoms with van der Waals surface area (Å²) < 4.78 is 41.9. The van der Waals surface area contributed by atoms with Gasteiger partial charge in [0.25, 0.3) is 0 Å². The number of halogens is 3. The first-order valence-electron chi connectivity index (χ1n) is 8.07. The molecule has 0 atom stereocenters. The van der Waals surface area contributed by atoms with E-state index in [9.17, 15) is 18.0 Å². The van der Waals surface area contributed by atoms with Gasteiger partial charge in [0.05, 0.1) is 16.6 Å². The fraction of sp³-hybridized carbons (Fsp3) is 0.235. The van der Waals surface area contributed by atoms with E-state index in [1.165, 1.54) is 0 Å². The van der Waals surface area contributed by atoms with Crippen LogP contribution in [0.3, 0.4) is 0 Å². The number of fused-ring (bicyclic) bond motifs is 1. The number of pyridine rings is 1. The third-order valence-electron chi connectivity index (χ3n) is 3.86. The molecule has 7 nitrogen and oxygen atoms in total. The predicted molar refractivity (Wildman–Crippen MR) is 94.4 cm³/mol. The predicted octanol–water partition coefficient (Wildman–Crippen LogP) is 1.77. The van der Waals surface area contributed by atoms with Gasteiger partial charge >= 0.3 is 6.18 Å². The van der Waals surface area contributed by atoms with E-state index in [1.807, 2.05) is 0 Å². The maximum atomic E-state index is 13.6. The van der Waals surface area contributed by atoms with Crippen molar-refractivity contribution < 1.29 is 18.0 Å². The molecule has 10 heteroatoms. The second-order valence-electron chi connectivity index (χ2n) is 5.80. The van der Waals surface area contributed by atoms with E-state index in [4.69, 9.17) is 11.5 Å². The van der Waals surface area contributed by atoms with Crippen molar-refractivity contribution in [2.75, 3.05) is 18.8 Å². The van der Waals surface area contributed by atoms with E-state index < -0.39 is 17.6 Å². The molecule has 2 aromatic heterocycles. The largest absolute Gasteiger partial charge is 0.417 e. The number of alkyl halides is 3. The van der Waals surface area contributed by atoms with Gasteiger partial charge in [0.1, 0.15) is 6.54 Å². The van der Waals surface area contributed by atoms with Gasteiger partial charge in [-0.05, 0) is 6.07 Å². The Balaban J connectivity index is 2.17. The van der Waals surface area contributed by atoms with Crippen molar-refractivity contribution in [1.29, 1.82) is 0 Å². The Morgan fingerprint density at radius 3 is 2.56 bits per heavy atom. The number of anilines is 1. The number of aromatic nitrogens is 3. The summed E-state index contributed by atoms with van der Waals surface area (Å²) in [5.74, 6) is -0.790. The molecule has 5 N–H and O–H groups in total. The molecule has 0 radical (unpaired) electrons. The van der Waals surface area contributed by atoms with Gasteiger partial charge in [0.2, 0.25) is 5.91 Å². The van der Waals surface area contributed by atoms with Crippen molar-refractivity contribution >= 4 is 22.8 Å². The van der Waals surface area contributed by atoms with Gasteiger partial charge in [-0.25, -0.2) is 9.67 Å². The normalized spacial score (nSPS) is 11.7. The van der Waals surface area contributed by atoms with Crippen LogP contribution in [0.2, 0.25) is 0 Å². The molecular formula is C17H17F3N6O. The molecule has 2 heterocycles. The zero-order chi connectivity index (χ0) is 19.6. The van der Waals surface area contributed by atoms with Crippen LogP contribution in [0.1, 0.15) is 5.56 Å². The maximum absolute atomic E-state index is 13.6. The Kier molecular flexibility index (Phi) is 5.00. The number of nitrogens with zero attached hydrogens (tertiary/aromatic N) is 3. The smallest absolute Gasteiger partial charge is 0.382 e. The number of amides is 1. The molecule has 0 saturated carbocycles. The van der Waals surface area contributed by atoms with Gasteiger partial charge in [0, 0.05) is 18.7 Å². The highest BCUT2D eigenvalue weighted by Gasteiger charge is 2.36. The van der Waals surface area contributed by atoms with E-state index in [0.29, 0.717) is 5.56 Å². The summed E-state index contributed by atoms with van der Waals surface area (Å²) in [6.07, 6.45) is -4.66. The summed E-state index contributed by atoms with van der Waals surface area (Å²) in [6, 6.07) is 9.37. The fourth-order valence-electron chi connectivity index (χ4n) is 2.69. The highest BCUT2D eigenvalue weighted by Crippen LogP contribution is 2.38. The molecule has 0 unspecified atom stereocenters. The lowest BCUT2D eigenvalue weighted by molar-refractivity contribution is -0.136. The number of hydrogen-bond acceptors (Lipinski definition) is 5. The molecule has 3 rings (SSSR count). The minimum Gasteiger partial charge on any atom is -0.382 e. The van der Waals surface area contributed by atoms with Gasteiger partial charge < -0.3 is 16.8 Å². The summed E-state index contributed by atoms with van der Waals surface area (Å²) in [5, 5.41) is 6.09. The van der Waals surface area contributed by atoms with Crippen LogP contribution in [-0.2, 0) is 17.5 Å². The zero-order valence-electron chi connectivity index (χ0n) is 14.1.